The number of benzene rings is 1. The second kappa shape index (κ2) is 9.21. The highest BCUT2D eigenvalue weighted by Crippen LogP contribution is 2.60. The van der Waals surface area contributed by atoms with Gasteiger partial charge < -0.3 is 4.57 Å². The summed E-state index contributed by atoms with van der Waals surface area (Å²) in [5, 5.41) is 2.41. The van der Waals surface area contributed by atoms with E-state index in [2.05, 4.69) is 41.1 Å². The van der Waals surface area contributed by atoms with Crippen LogP contribution in [0.4, 0.5) is 4.79 Å². The summed E-state index contributed by atoms with van der Waals surface area (Å²) in [4.78, 5) is 40.0. The lowest BCUT2D eigenvalue weighted by atomic mass is 9.48. The molecular formula is C33H39N3O3. The highest BCUT2D eigenvalue weighted by molar-refractivity contribution is 6.31. The van der Waals surface area contributed by atoms with Crippen LogP contribution in [0.1, 0.15) is 93.1 Å². The molecule has 5 aliphatic carbocycles. The molecule has 6 aliphatic rings. The molecule has 0 spiro atoms. The molecule has 8 rings (SSSR count). The maximum Gasteiger partial charge on any atom is 0.331 e. The Labute approximate surface area is 230 Å². The summed E-state index contributed by atoms with van der Waals surface area (Å²) in [7, 11) is 0. The molecule has 2 heterocycles. The van der Waals surface area contributed by atoms with Gasteiger partial charge in [-0.1, -0.05) is 31.4 Å². The van der Waals surface area contributed by atoms with Crippen molar-refractivity contribution in [2.45, 2.75) is 95.9 Å². The van der Waals surface area contributed by atoms with Crippen molar-refractivity contribution in [3.63, 3.8) is 0 Å². The van der Waals surface area contributed by atoms with Crippen molar-refractivity contribution in [2.75, 3.05) is 0 Å². The van der Waals surface area contributed by atoms with Gasteiger partial charge in [0.05, 0.1) is 0 Å². The molecule has 204 valence electrons. The smallest absolute Gasteiger partial charge is 0.318 e. The molecule has 6 fully saturated rings. The zero-order valence-corrected chi connectivity index (χ0v) is 23.2. The third-order valence-electron chi connectivity index (χ3n) is 10.6. The predicted molar refractivity (Wildman–Crippen MR) is 150 cm³/mol. The molecular weight excluding hydrogens is 486 g/mol. The molecule has 0 atom stereocenters. The monoisotopic (exact) mass is 525 g/mol. The van der Waals surface area contributed by atoms with Gasteiger partial charge in [0.25, 0.3) is 11.8 Å². The van der Waals surface area contributed by atoms with Gasteiger partial charge in [0.1, 0.15) is 5.57 Å². The second-order valence-electron chi connectivity index (χ2n) is 13.2. The predicted octanol–water partition coefficient (Wildman–Crippen LogP) is 6.36. The molecule has 6 heteroatoms. The van der Waals surface area contributed by atoms with Crippen LogP contribution < -0.4 is 5.32 Å². The van der Waals surface area contributed by atoms with E-state index < -0.39 is 17.8 Å². The minimum Gasteiger partial charge on any atom is -0.318 e. The van der Waals surface area contributed by atoms with E-state index in [4.69, 9.17) is 0 Å². The molecule has 39 heavy (non-hydrogen) atoms. The maximum atomic E-state index is 13.4. The first-order chi connectivity index (χ1) is 18.8. The number of aromatic nitrogens is 1. The normalized spacial score (nSPS) is 31.8. The van der Waals surface area contributed by atoms with Gasteiger partial charge in [-0.2, -0.15) is 0 Å². The van der Waals surface area contributed by atoms with Crippen molar-refractivity contribution < 1.29 is 14.4 Å². The average Bonchev–Trinajstić information content (AvgIpc) is 3.18. The number of carbonyl (C=O) groups excluding carboxylic acids is 3. The fourth-order valence-electron chi connectivity index (χ4n) is 9.26. The minimum atomic E-state index is -0.609. The summed E-state index contributed by atoms with van der Waals surface area (Å²) >= 11 is 0. The number of barbiturate groups is 1. The number of nitrogens with zero attached hydrogens (tertiary/aromatic N) is 2. The summed E-state index contributed by atoms with van der Waals surface area (Å²) < 4.78 is 2.20. The molecule has 0 unspecified atom stereocenters. The summed E-state index contributed by atoms with van der Waals surface area (Å²) in [5.41, 5.74) is 5.87. The molecule has 4 bridgehead atoms. The lowest BCUT2D eigenvalue weighted by Crippen LogP contribution is -2.58. The lowest BCUT2D eigenvalue weighted by molar-refractivity contribution is -0.132. The van der Waals surface area contributed by atoms with Gasteiger partial charge in [0.15, 0.2) is 0 Å². The van der Waals surface area contributed by atoms with Crippen LogP contribution in [-0.4, -0.2) is 33.4 Å². The first-order valence-electron chi connectivity index (χ1n) is 15.0. The highest BCUT2D eigenvalue weighted by Gasteiger charge is 2.51. The van der Waals surface area contributed by atoms with Crippen molar-refractivity contribution in [2.24, 2.45) is 17.8 Å². The number of hydrogen-bond acceptors (Lipinski definition) is 3. The minimum absolute atomic E-state index is 0.0394. The van der Waals surface area contributed by atoms with E-state index in [0.717, 1.165) is 72.5 Å². The Morgan fingerprint density at radius 2 is 1.49 bits per heavy atom. The van der Waals surface area contributed by atoms with E-state index in [1.165, 1.54) is 49.0 Å². The highest BCUT2D eigenvalue weighted by atomic mass is 16.2. The van der Waals surface area contributed by atoms with Crippen molar-refractivity contribution in [3.8, 4) is 5.69 Å². The fraction of sp³-hybridized carbons (Fsp3) is 0.545. The topological polar surface area (TPSA) is 71.4 Å². The first-order valence-corrected chi connectivity index (χ1v) is 15.0. The Morgan fingerprint density at radius 1 is 0.872 bits per heavy atom. The quantitative estimate of drug-likeness (QED) is 0.373. The lowest BCUT2D eigenvalue weighted by Gasteiger charge is -2.57. The van der Waals surface area contributed by atoms with E-state index in [9.17, 15) is 14.4 Å². The molecule has 1 N–H and O–H groups in total. The number of amides is 4. The zero-order chi connectivity index (χ0) is 26.9. The third kappa shape index (κ3) is 4.09. The van der Waals surface area contributed by atoms with E-state index in [-0.39, 0.29) is 11.6 Å². The summed E-state index contributed by atoms with van der Waals surface area (Å²) in [6, 6.07) is 10.5. The van der Waals surface area contributed by atoms with E-state index in [1.807, 2.05) is 13.0 Å². The number of rotatable bonds is 4. The molecule has 1 saturated heterocycles. The van der Waals surface area contributed by atoms with Gasteiger partial charge in [-0.15, -0.1) is 0 Å². The van der Waals surface area contributed by atoms with Crippen molar-refractivity contribution in [1.29, 1.82) is 0 Å². The number of urea groups is 1. The fourth-order valence-corrected chi connectivity index (χ4v) is 9.26. The van der Waals surface area contributed by atoms with Gasteiger partial charge in [0.2, 0.25) is 0 Å². The van der Waals surface area contributed by atoms with Crippen LogP contribution in [0.15, 0.2) is 35.9 Å². The molecule has 6 nitrogen and oxygen atoms in total. The third-order valence-corrected chi connectivity index (χ3v) is 10.6. The standard InChI is InChI=1S/C33H39N3O3/c1-20-12-25(16-29-30(37)34-32(39)36(31(29)38)27-6-4-3-5-7-27)21(2)35(20)28-10-8-26(9-11-28)33-17-22-13-23(18-33)15-24(14-22)19-33/h8-12,16,22-24,27H,3-7,13-15,17-19H2,1-2H3,(H,34,37,39). The Balaban J connectivity index is 1.17. The Kier molecular flexibility index (Phi) is 5.87. The van der Waals surface area contributed by atoms with Gasteiger partial charge in [0, 0.05) is 23.1 Å². The number of imide groups is 2. The molecule has 1 aliphatic heterocycles. The Bertz CT molecular complexity index is 1340. The van der Waals surface area contributed by atoms with Crippen molar-refractivity contribution >= 4 is 23.9 Å². The van der Waals surface area contributed by atoms with Crippen LogP contribution in [0, 0.1) is 31.6 Å². The van der Waals surface area contributed by atoms with Crippen LogP contribution >= 0.6 is 0 Å². The Morgan fingerprint density at radius 3 is 2.10 bits per heavy atom. The summed E-state index contributed by atoms with van der Waals surface area (Å²) in [5.74, 6) is 1.68. The van der Waals surface area contributed by atoms with Crippen LogP contribution in [0.5, 0.6) is 0 Å². The van der Waals surface area contributed by atoms with E-state index in [0.29, 0.717) is 5.41 Å². The zero-order valence-electron chi connectivity index (χ0n) is 23.2. The molecule has 5 saturated carbocycles. The molecule has 4 amide bonds. The average molecular weight is 526 g/mol. The van der Waals surface area contributed by atoms with Crippen molar-refractivity contribution in [1.82, 2.24) is 14.8 Å². The molecule has 1 aromatic heterocycles. The SMILES string of the molecule is Cc1cc(C=C2C(=O)NC(=O)N(C3CCCCC3)C2=O)c(C)n1-c1ccc(C23CC4CC(CC(C4)C2)C3)cc1. The largest absolute Gasteiger partial charge is 0.331 e. The molecule has 1 aromatic carbocycles. The van der Waals surface area contributed by atoms with Crippen molar-refractivity contribution in [3.05, 3.63) is 58.4 Å². The summed E-state index contributed by atoms with van der Waals surface area (Å²) in [6.45, 7) is 4.09. The number of carbonyl (C=O) groups is 3. The van der Waals surface area contributed by atoms with Crippen LogP contribution in [0.2, 0.25) is 0 Å². The van der Waals surface area contributed by atoms with Crippen LogP contribution in [0.25, 0.3) is 11.8 Å². The van der Waals surface area contributed by atoms with E-state index in [1.54, 1.807) is 6.08 Å². The van der Waals surface area contributed by atoms with Gasteiger partial charge in [-0.25, -0.2) is 4.79 Å². The second-order valence-corrected chi connectivity index (χ2v) is 13.2. The van der Waals surface area contributed by atoms with Gasteiger partial charge in [-0.3, -0.25) is 19.8 Å². The number of hydrogen-bond donors (Lipinski definition) is 1. The number of aryl methyl sites for hydroxylation is 1. The van der Waals surface area contributed by atoms with Gasteiger partial charge in [-0.05, 0) is 124 Å². The van der Waals surface area contributed by atoms with E-state index >= 15 is 0 Å². The molecule has 2 aromatic rings. The number of nitrogens with one attached hydrogen (secondary N) is 1. The first kappa shape index (κ1) is 24.9. The molecule has 0 radical (unpaired) electrons. The van der Waals surface area contributed by atoms with Crippen LogP contribution in [0.3, 0.4) is 0 Å². The van der Waals surface area contributed by atoms with Gasteiger partial charge >= 0.3 is 6.03 Å². The maximum absolute atomic E-state index is 13.4. The Hall–Kier alpha value is -3.15. The summed E-state index contributed by atoms with van der Waals surface area (Å²) in [6.07, 6.45) is 14.8. The van der Waals surface area contributed by atoms with Crippen LogP contribution in [-0.2, 0) is 15.0 Å².